The van der Waals surface area contributed by atoms with Crippen molar-refractivity contribution >= 4 is 5.96 Å². The number of guanidine groups is 1. The van der Waals surface area contributed by atoms with E-state index in [4.69, 9.17) is 4.99 Å². The summed E-state index contributed by atoms with van der Waals surface area (Å²) >= 11 is 0. The second-order valence-corrected chi connectivity index (χ2v) is 7.39. The van der Waals surface area contributed by atoms with E-state index in [0.717, 1.165) is 32.0 Å². The Kier molecular flexibility index (Phi) is 7.63. The molecule has 2 fully saturated rings. The lowest BCUT2D eigenvalue weighted by molar-refractivity contribution is 0.137. The van der Waals surface area contributed by atoms with Crippen LogP contribution in [0.4, 0.5) is 0 Å². The van der Waals surface area contributed by atoms with E-state index in [0.29, 0.717) is 6.04 Å². The fourth-order valence-electron chi connectivity index (χ4n) is 4.07. The number of nitrogens with one attached hydrogen (secondary N) is 2. The molecule has 1 atom stereocenters. The van der Waals surface area contributed by atoms with Crippen molar-refractivity contribution in [2.24, 2.45) is 10.4 Å². The Labute approximate surface area is 141 Å². The molecule has 2 aliphatic rings. The molecule has 0 bridgehead atoms. The van der Waals surface area contributed by atoms with Crippen molar-refractivity contribution in [2.75, 3.05) is 39.8 Å². The first-order chi connectivity index (χ1) is 11.2. The van der Waals surface area contributed by atoms with E-state index in [1.54, 1.807) is 0 Å². The van der Waals surface area contributed by atoms with Crippen LogP contribution in [0.5, 0.6) is 0 Å². The SMILES string of the molecule is CCNC(=NCC1(CCO)CCCCC1)NCC1CCCN1C. The van der Waals surface area contributed by atoms with Crippen molar-refractivity contribution in [1.29, 1.82) is 0 Å². The summed E-state index contributed by atoms with van der Waals surface area (Å²) in [7, 11) is 2.21. The van der Waals surface area contributed by atoms with Gasteiger partial charge in [0.15, 0.2) is 5.96 Å². The van der Waals surface area contributed by atoms with Gasteiger partial charge in [0.25, 0.3) is 0 Å². The summed E-state index contributed by atoms with van der Waals surface area (Å²) in [6.45, 7) is 6.30. The van der Waals surface area contributed by atoms with Crippen LogP contribution < -0.4 is 10.6 Å². The van der Waals surface area contributed by atoms with Gasteiger partial charge in [0.1, 0.15) is 0 Å². The molecule has 1 heterocycles. The molecule has 1 unspecified atom stereocenters. The zero-order chi connectivity index (χ0) is 16.5. The van der Waals surface area contributed by atoms with Crippen molar-refractivity contribution in [3.05, 3.63) is 0 Å². The van der Waals surface area contributed by atoms with E-state index >= 15 is 0 Å². The number of nitrogens with zero attached hydrogens (tertiary/aromatic N) is 2. The number of aliphatic imine (C=N–C) groups is 1. The third-order valence-corrected chi connectivity index (χ3v) is 5.65. The minimum absolute atomic E-state index is 0.222. The van der Waals surface area contributed by atoms with Crippen LogP contribution in [0.25, 0.3) is 0 Å². The first-order valence-corrected chi connectivity index (χ1v) is 9.52. The van der Waals surface area contributed by atoms with Gasteiger partial charge < -0.3 is 20.6 Å². The van der Waals surface area contributed by atoms with Crippen molar-refractivity contribution in [2.45, 2.75) is 64.3 Å². The molecular weight excluding hydrogens is 288 g/mol. The first kappa shape index (κ1) is 18.5. The van der Waals surface area contributed by atoms with E-state index in [1.807, 2.05) is 0 Å². The predicted octanol–water partition coefficient (Wildman–Crippen LogP) is 1.97. The molecule has 0 aromatic rings. The van der Waals surface area contributed by atoms with Gasteiger partial charge in [-0.15, -0.1) is 0 Å². The number of rotatable bonds is 7. The maximum atomic E-state index is 9.44. The monoisotopic (exact) mass is 324 g/mol. The molecule has 2 rings (SSSR count). The highest BCUT2D eigenvalue weighted by Crippen LogP contribution is 2.39. The van der Waals surface area contributed by atoms with Crippen molar-refractivity contribution in [3.8, 4) is 0 Å². The van der Waals surface area contributed by atoms with Gasteiger partial charge in [-0.3, -0.25) is 4.99 Å². The van der Waals surface area contributed by atoms with Crippen molar-refractivity contribution < 1.29 is 5.11 Å². The Morgan fingerprint density at radius 2 is 2.00 bits per heavy atom. The Balaban J connectivity index is 1.90. The summed E-state index contributed by atoms with van der Waals surface area (Å²) in [5, 5.41) is 16.3. The molecular formula is C18H36N4O. The summed E-state index contributed by atoms with van der Waals surface area (Å²) < 4.78 is 0. The molecule has 23 heavy (non-hydrogen) atoms. The third-order valence-electron chi connectivity index (χ3n) is 5.65. The number of likely N-dealkylation sites (N-methyl/N-ethyl adjacent to an activating group) is 1. The topological polar surface area (TPSA) is 59.9 Å². The fourth-order valence-corrected chi connectivity index (χ4v) is 4.07. The van der Waals surface area contributed by atoms with Gasteiger partial charge in [0.2, 0.25) is 0 Å². The van der Waals surface area contributed by atoms with Gasteiger partial charge in [0.05, 0.1) is 0 Å². The maximum absolute atomic E-state index is 9.44. The smallest absolute Gasteiger partial charge is 0.191 e. The average Bonchev–Trinajstić information content (AvgIpc) is 2.96. The predicted molar refractivity (Wildman–Crippen MR) is 96.9 cm³/mol. The van der Waals surface area contributed by atoms with Crippen LogP contribution in [0.2, 0.25) is 0 Å². The van der Waals surface area contributed by atoms with Crippen LogP contribution >= 0.6 is 0 Å². The number of hydrogen-bond donors (Lipinski definition) is 3. The molecule has 1 aliphatic carbocycles. The number of aliphatic hydroxyl groups is 1. The zero-order valence-electron chi connectivity index (χ0n) is 15.1. The normalized spacial score (nSPS) is 25.5. The van der Waals surface area contributed by atoms with Gasteiger partial charge in [0, 0.05) is 32.3 Å². The van der Waals surface area contributed by atoms with E-state index in [-0.39, 0.29) is 12.0 Å². The molecule has 134 valence electrons. The summed E-state index contributed by atoms with van der Waals surface area (Å²) in [5.74, 6) is 0.940. The van der Waals surface area contributed by atoms with Crippen LogP contribution in [0, 0.1) is 5.41 Å². The van der Waals surface area contributed by atoms with Gasteiger partial charge in [-0.25, -0.2) is 0 Å². The van der Waals surface area contributed by atoms with Crippen molar-refractivity contribution in [1.82, 2.24) is 15.5 Å². The highest BCUT2D eigenvalue weighted by Gasteiger charge is 2.31. The second kappa shape index (κ2) is 9.48. The molecule has 5 nitrogen and oxygen atoms in total. The largest absolute Gasteiger partial charge is 0.396 e. The van der Waals surface area contributed by atoms with Gasteiger partial charge >= 0.3 is 0 Å². The molecule has 0 amide bonds. The third kappa shape index (κ3) is 5.64. The van der Waals surface area contributed by atoms with E-state index in [9.17, 15) is 5.11 Å². The number of hydrogen-bond acceptors (Lipinski definition) is 3. The highest BCUT2D eigenvalue weighted by molar-refractivity contribution is 5.79. The minimum Gasteiger partial charge on any atom is -0.396 e. The van der Waals surface area contributed by atoms with Crippen LogP contribution in [0.15, 0.2) is 4.99 Å². The summed E-state index contributed by atoms with van der Waals surface area (Å²) in [6.07, 6.45) is 9.79. The molecule has 0 spiro atoms. The summed E-state index contributed by atoms with van der Waals surface area (Å²) in [6, 6.07) is 0.625. The lowest BCUT2D eigenvalue weighted by atomic mass is 9.72. The van der Waals surface area contributed by atoms with Crippen LogP contribution in [-0.4, -0.2) is 61.8 Å². The molecule has 0 aromatic carbocycles. The van der Waals surface area contributed by atoms with E-state index < -0.39 is 0 Å². The molecule has 0 aromatic heterocycles. The Hall–Kier alpha value is -0.810. The molecule has 1 aliphatic heterocycles. The molecule has 1 saturated carbocycles. The Bertz CT molecular complexity index is 361. The fraction of sp³-hybridized carbons (Fsp3) is 0.944. The second-order valence-electron chi connectivity index (χ2n) is 7.39. The van der Waals surface area contributed by atoms with E-state index in [1.165, 1.54) is 51.5 Å². The summed E-state index contributed by atoms with van der Waals surface area (Å²) in [5.41, 5.74) is 0.222. The van der Waals surface area contributed by atoms with Crippen LogP contribution in [0.3, 0.4) is 0 Å². The lowest BCUT2D eigenvalue weighted by Gasteiger charge is -2.35. The van der Waals surface area contributed by atoms with E-state index in [2.05, 4.69) is 29.5 Å². The van der Waals surface area contributed by atoms with Gasteiger partial charge in [-0.2, -0.15) is 0 Å². The number of aliphatic hydroxyl groups excluding tert-OH is 1. The molecule has 3 N–H and O–H groups in total. The zero-order valence-corrected chi connectivity index (χ0v) is 15.1. The molecule has 1 saturated heterocycles. The highest BCUT2D eigenvalue weighted by atomic mass is 16.3. The van der Waals surface area contributed by atoms with Gasteiger partial charge in [-0.1, -0.05) is 19.3 Å². The first-order valence-electron chi connectivity index (χ1n) is 9.52. The van der Waals surface area contributed by atoms with Crippen molar-refractivity contribution in [3.63, 3.8) is 0 Å². The van der Waals surface area contributed by atoms with Crippen LogP contribution in [-0.2, 0) is 0 Å². The lowest BCUT2D eigenvalue weighted by Crippen LogP contribution is -2.44. The Morgan fingerprint density at radius 1 is 1.22 bits per heavy atom. The maximum Gasteiger partial charge on any atom is 0.191 e. The quantitative estimate of drug-likeness (QED) is 0.495. The molecule has 5 heteroatoms. The number of likely N-dealkylation sites (tertiary alicyclic amines) is 1. The Morgan fingerprint density at radius 3 is 2.61 bits per heavy atom. The summed E-state index contributed by atoms with van der Waals surface area (Å²) in [4.78, 5) is 7.31. The van der Waals surface area contributed by atoms with Crippen LogP contribution in [0.1, 0.15) is 58.3 Å². The van der Waals surface area contributed by atoms with Gasteiger partial charge in [-0.05, 0) is 58.0 Å². The average molecular weight is 325 g/mol. The standard InChI is InChI=1S/C18H36N4O/c1-3-19-17(20-14-16-8-7-12-22(16)2)21-15-18(11-13-23)9-5-4-6-10-18/h16,23H,3-15H2,1-2H3,(H2,19,20,21). The molecule has 0 radical (unpaired) electrons. The minimum atomic E-state index is 0.222.